The van der Waals surface area contributed by atoms with Crippen molar-refractivity contribution in [1.29, 1.82) is 0 Å². The van der Waals surface area contributed by atoms with Crippen LogP contribution in [0.1, 0.15) is 58.4 Å². The number of methoxy groups -OCH3 is 2. The van der Waals surface area contributed by atoms with Crippen LogP contribution in [-0.2, 0) is 18.4 Å². The second-order valence-corrected chi connectivity index (χ2v) is 11.0. The third-order valence-electron chi connectivity index (χ3n) is 7.26. The van der Waals surface area contributed by atoms with Crippen LogP contribution in [-0.4, -0.2) is 37.5 Å². The lowest BCUT2D eigenvalue weighted by atomic mass is 9.87. The van der Waals surface area contributed by atoms with Gasteiger partial charge in [0.25, 0.3) is 11.8 Å². The number of hydrogen-bond donors (Lipinski definition) is 1. The van der Waals surface area contributed by atoms with Gasteiger partial charge >= 0.3 is 0 Å². The van der Waals surface area contributed by atoms with Crippen LogP contribution < -0.4 is 14.8 Å². The summed E-state index contributed by atoms with van der Waals surface area (Å²) in [7, 11) is 3.22. The maximum atomic E-state index is 13.2. The molecule has 1 aliphatic rings. The molecule has 2 heterocycles. The largest absolute Gasteiger partial charge is 0.493 e. The molecule has 1 aromatic heterocycles. The number of carbonyl (C=O) groups excluding carboxylic acids is 2. The van der Waals surface area contributed by atoms with Crippen molar-refractivity contribution < 1.29 is 23.5 Å². The first-order valence-electron chi connectivity index (χ1n) is 13.3. The Hall–Kier alpha value is -4.52. The fourth-order valence-electron chi connectivity index (χ4n) is 4.86. The van der Waals surface area contributed by atoms with E-state index in [1.807, 2.05) is 60.7 Å². The van der Waals surface area contributed by atoms with Crippen LogP contribution in [0.5, 0.6) is 11.5 Å². The van der Waals surface area contributed by atoms with Gasteiger partial charge in [-0.3, -0.25) is 9.59 Å². The van der Waals surface area contributed by atoms with E-state index in [9.17, 15) is 9.59 Å². The van der Waals surface area contributed by atoms with Gasteiger partial charge in [0.1, 0.15) is 5.76 Å². The van der Waals surface area contributed by atoms with Crippen LogP contribution in [0.4, 0.5) is 5.69 Å². The fraction of sp³-hybridized carbons (Fsp3) is 0.273. The average molecular weight is 539 g/mol. The minimum atomic E-state index is -0.168. The van der Waals surface area contributed by atoms with Crippen LogP contribution in [0.2, 0.25) is 0 Å². The molecule has 40 heavy (non-hydrogen) atoms. The average Bonchev–Trinajstić information content (AvgIpc) is 3.46. The molecule has 7 nitrogen and oxygen atoms in total. The second kappa shape index (κ2) is 10.9. The van der Waals surface area contributed by atoms with Crippen molar-refractivity contribution in [1.82, 2.24) is 4.90 Å². The molecule has 0 atom stereocenters. The molecule has 206 valence electrons. The highest BCUT2D eigenvalue weighted by molar-refractivity contribution is 6.04. The Labute approximate surface area is 234 Å². The summed E-state index contributed by atoms with van der Waals surface area (Å²) in [6, 6.07) is 22.5. The fourth-order valence-corrected chi connectivity index (χ4v) is 4.86. The zero-order valence-electron chi connectivity index (χ0n) is 23.5. The normalized spacial score (nSPS) is 13.0. The third kappa shape index (κ3) is 5.59. The molecule has 0 saturated heterocycles. The molecule has 1 N–H and O–H groups in total. The molecule has 0 unspecified atom stereocenters. The van der Waals surface area contributed by atoms with E-state index >= 15 is 0 Å². The van der Waals surface area contributed by atoms with Crippen molar-refractivity contribution in [3.05, 3.63) is 101 Å². The quantitative estimate of drug-likeness (QED) is 0.295. The Kier molecular flexibility index (Phi) is 7.39. The van der Waals surface area contributed by atoms with Gasteiger partial charge in [-0.05, 0) is 89.2 Å². The maximum absolute atomic E-state index is 13.2. The van der Waals surface area contributed by atoms with E-state index in [0.717, 1.165) is 23.1 Å². The summed E-state index contributed by atoms with van der Waals surface area (Å²) in [5.74, 6) is 1.88. The van der Waals surface area contributed by atoms with Gasteiger partial charge in [-0.2, -0.15) is 0 Å². The van der Waals surface area contributed by atoms with Crippen LogP contribution in [0.15, 0.2) is 77.2 Å². The summed E-state index contributed by atoms with van der Waals surface area (Å²) in [6.45, 7) is 7.49. The molecule has 0 saturated carbocycles. The van der Waals surface area contributed by atoms with Crippen LogP contribution in [0, 0.1) is 0 Å². The number of fused-ring (bicyclic) bond motifs is 1. The highest BCUT2D eigenvalue weighted by Gasteiger charge is 2.26. The number of anilines is 1. The first-order valence-corrected chi connectivity index (χ1v) is 13.3. The van der Waals surface area contributed by atoms with Crippen molar-refractivity contribution in [2.75, 3.05) is 26.1 Å². The van der Waals surface area contributed by atoms with Crippen LogP contribution in [0.25, 0.3) is 11.3 Å². The standard InChI is InChI=1S/C33H34N2O5/c1-33(2,3)25-10-6-22(7-11-25)31(36)34-26-12-8-21(9-13-26)27-14-15-28(40-27)32(37)35-17-16-23-18-29(38-4)30(39-5)19-24(23)20-35/h6-15,18-19H,16-17,20H2,1-5H3,(H,34,36). The maximum Gasteiger partial charge on any atom is 0.289 e. The molecule has 5 rings (SSSR count). The highest BCUT2D eigenvalue weighted by atomic mass is 16.5. The Balaban J connectivity index is 1.24. The van der Waals surface area contributed by atoms with Gasteiger partial charge in [-0.15, -0.1) is 0 Å². The van der Waals surface area contributed by atoms with E-state index in [2.05, 4.69) is 26.1 Å². The monoisotopic (exact) mass is 538 g/mol. The SMILES string of the molecule is COc1cc2c(cc1OC)CN(C(=O)c1ccc(-c3ccc(NC(=O)c4ccc(C(C)(C)C)cc4)cc3)o1)CC2. The van der Waals surface area contributed by atoms with Crippen molar-refractivity contribution >= 4 is 17.5 Å². The number of nitrogens with zero attached hydrogens (tertiary/aromatic N) is 1. The Morgan fingerprint density at radius 3 is 2.12 bits per heavy atom. The smallest absolute Gasteiger partial charge is 0.289 e. The lowest BCUT2D eigenvalue weighted by Crippen LogP contribution is -2.35. The van der Waals surface area contributed by atoms with Gasteiger partial charge in [-0.1, -0.05) is 32.9 Å². The number of furan rings is 1. The zero-order valence-corrected chi connectivity index (χ0v) is 23.5. The molecule has 3 aromatic carbocycles. The molecular formula is C33H34N2O5. The Bertz CT molecular complexity index is 1530. The molecular weight excluding hydrogens is 504 g/mol. The summed E-state index contributed by atoms with van der Waals surface area (Å²) in [5, 5.41) is 2.94. The third-order valence-corrected chi connectivity index (χ3v) is 7.26. The van der Waals surface area contributed by atoms with Gasteiger partial charge in [0.15, 0.2) is 17.3 Å². The first kappa shape index (κ1) is 27.1. The van der Waals surface area contributed by atoms with E-state index in [-0.39, 0.29) is 23.0 Å². The number of amides is 2. The van der Waals surface area contributed by atoms with Gasteiger partial charge in [0, 0.05) is 29.9 Å². The predicted molar refractivity (Wildman–Crippen MR) is 155 cm³/mol. The molecule has 2 amide bonds. The summed E-state index contributed by atoms with van der Waals surface area (Å²) in [4.78, 5) is 27.7. The van der Waals surface area contributed by atoms with E-state index in [4.69, 9.17) is 13.9 Å². The topological polar surface area (TPSA) is 81.0 Å². The molecule has 0 fully saturated rings. The van der Waals surface area contributed by atoms with E-state index in [1.165, 1.54) is 5.56 Å². The summed E-state index contributed by atoms with van der Waals surface area (Å²) in [5.41, 5.74) is 5.48. The number of hydrogen-bond acceptors (Lipinski definition) is 5. The van der Waals surface area contributed by atoms with Crippen molar-refractivity contribution in [2.45, 2.75) is 39.2 Å². The number of benzene rings is 3. The van der Waals surface area contributed by atoms with Crippen molar-refractivity contribution in [2.24, 2.45) is 0 Å². The summed E-state index contributed by atoms with van der Waals surface area (Å²) in [6.07, 6.45) is 0.725. The summed E-state index contributed by atoms with van der Waals surface area (Å²) >= 11 is 0. The Morgan fingerprint density at radius 1 is 0.850 bits per heavy atom. The van der Waals surface area contributed by atoms with Gasteiger partial charge in [0.05, 0.1) is 14.2 Å². The van der Waals surface area contributed by atoms with Crippen molar-refractivity contribution in [3.8, 4) is 22.8 Å². The molecule has 0 bridgehead atoms. The van der Waals surface area contributed by atoms with Crippen LogP contribution >= 0.6 is 0 Å². The molecule has 0 aliphatic carbocycles. The lowest BCUT2D eigenvalue weighted by molar-refractivity contribution is 0.0703. The first-order chi connectivity index (χ1) is 19.2. The number of carbonyl (C=O) groups is 2. The number of nitrogens with one attached hydrogen (secondary N) is 1. The van der Waals surface area contributed by atoms with Crippen LogP contribution in [0.3, 0.4) is 0 Å². The molecule has 4 aromatic rings. The zero-order chi connectivity index (χ0) is 28.4. The number of rotatable bonds is 6. The highest BCUT2D eigenvalue weighted by Crippen LogP contribution is 2.34. The van der Waals surface area contributed by atoms with Gasteiger partial charge in [-0.25, -0.2) is 0 Å². The minimum absolute atomic E-state index is 0.0309. The minimum Gasteiger partial charge on any atom is -0.493 e. The molecule has 0 radical (unpaired) electrons. The van der Waals surface area contributed by atoms with E-state index < -0.39 is 0 Å². The summed E-state index contributed by atoms with van der Waals surface area (Å²) < 4.78 is 16.8. The second-order valence-electron chi connectivity index (χ2n) is 11.0. The molecule has 1 aliphatic heterocycles. The van der Waals surface area contributed by atoms with Crippen molar-refractivity contribution in [3.63, 3.8) is 0 Å². The Morgan fingerprint density at radius 2 is 1.50 bits per heavy atom. The molecule has 7 heteroatoms. The van der Waals surface area contributed by atoms with E-state index in [1.54, 1.807) is 31.3 Å². The van der Waals surface area contributed by atoms with Gasteiger partial charge in [0.2, 0.25) is 0 Å². The molecule has 0 spiro atoms. The predicted octanol–water partition coefficient (Wildman–Crippen LogP) is 6.71. The van der Waals surface area contributed by atoms with Gasteiger partial charge < -0.3 is 24.1 Å². The number of ether oxygens (including phenoxy) is 2. The van der Waals surface area contributed by atoms with E-state index in [0.29, 0.717) is 41.6 Å². The lowest BCUT2D eigenvalue weighted by Gasteiger charge is -2.29.